The second kappa shape index (κ2) is 5.97. The molecule has 7 nitrogen and oxygen atoms in total. The molecule has 25 heavy (non-hydrogen) atoms. The summed E-state index contributed by atoms with van der Waals surface area (Å²) < 4.78 is 0. The lowest BCUT2D eigenvalue weighted by molar-refractivity contribution is -0.148. The molecule has 0 aromatic carbocycles. The fourth-order valence-corrected chi connectivity index (χ4v) is 4.21. The maximum Gasteiger partial charge on any atom is 0.326 e. The van der Waals surface area contributed by atoms with Crippen molar-refractivity contribution in [1.29, 1.82) is 0 Å². The van der Waals surface area contributed by atoms with E-state index in [4.69, 9.17) is 0 Å². The molecule has 1 atom stereocenters. The molecular formula is C18H24N4O3. The molecule has 3 aliphatic rings. The second-order valence-corrected chi connectivity index (χ2v) is 7.82. The predicted molar refractivity (Wildman–Crippen MR) is 91.1 cm³/mol. The van der Waals surface area contributed by atoms with Gasteiger partial charge in [0.05, 0.1) is 5.69 Å². The molecule has 4 rings (SSSR count). The third-order valence-electron chi connectivity index (χ3n) is 5.93. The Balaban J connectivity index is 1.45. The van der Waals surface area contributed by atoms with E-state index in [0.717, 1.165) is 50.3 Å². The zero-order valence-corrected chi connectivity index (χ0v) is 14.5. The van der Waals surface area contributed by atoms with Crippen molar-refractivity contribution in [2.24, 2.45) is 11.3 Å². The van der Waals surface area contributed by atoms with Crippen LogP contribution in [0.3, 0.4) is 0 Å². The Kier molecular flexibility index (Phi) is 3.89. The van der Waals surface area contributed by atoms with Gasteiger partial charge in [0.2, 0.25) is 5.91 Å². The van der Waals surface area contributed by atoms with Crippen molar-refractivity contribution < 1.29 is 14.7 Å². The summed E-state index contributed by atoms with van der Waals surface area (Å²) in [5.41, 5.74) is 0.828. The number of carbonyl (C=O) groups is 2. The number of aliphatic carboxylic acids is 1. The highest BCUT2D eigenvalue weighted by molar-refractivity contribution is 5.87. The Hall–Kier alpha value is -2.18. The van der Waals surface area contributed by atoms with Gasteiger partial charge in [0.25, 0.3) is 0 Å². The van der Waals surface area contributed by atoms with Crippen molar-refractivity contribution in [1.82, 2.24) is 15.1 Å². The van der Waals surface area contributed by atoms with Gasteiger partial charge < -0.3 is 14.9 Å². The molecule has 3 fully saturated rings. The molecular weight excluding hydrogens is 320 g/mol. The van der Waals surface area contributed by atoms with E-state index in [1.807, 2.05) is 19.1 Å². The van der Waals surface area contributed by atoms with Gasteiger partial charge >= 0.3 is 5.97 Å². The minimum Gasteiger partial charge on any atom is -0.480 e. The second-order valence-electron chi connectivity index (χ2n) is 7.82. The standard InChI is InChI=1S/C18H24N4O3/c1-12-2-5-15(20-19-12)21-8-6-18(7-9-21)10-14(17(24)25)22(11-18)16(23)13-3-4-13/h2,5,13-14H,3-4,6-11H2,1H3,(H,24,25). The molecule has 2 saturated heterocycles. The molecule has 134 valence electrons. The quantitative estimate of drug-likeness (QED) is 0.893. The summed E-state index contributed by atoms with van der Waals surface area (Å²) in [5.74, 6) is 0.132. The summed E-state index contributed by atoms with van der Waals surface area (Å²) in [6.07, 6.45) is 4.18. The van der Waals surface area contributed by atoms with Crippen LogP contribution in [0, 0.1) is 18.3 Å². The first kappa shape index (κ1) is 16.3. The topological polar surface area (TPSA) is 86.6 Å². The number of likely N-dealkylation sites (tertiary alicyclic amines) is 1. The Morgan fingerprint density at radius 3 is 2.48 bits per heavy atom. The number of carboxylic acid groups (broad SMARTS) is 1. The molecule has 1 unspecified atom stereocenters. The van der Waals surface area contributed by atoms with E-state index < -0.39 is 12.0 Å². The van der Waals surface area contributed by atoms with E-state index in [2.05, 4.69) is 15.1 Å². The van der Waals surface area contributed by atoms with Gasteiger partial charge in [0.15, 0.2) is 5.82 Å². The Morgan fingerprint density at radius 1 is 1.20 bits per heavy atom. The molecule has 0 radical (unpaired) electrons. The zero-order chi connectivity index (χ0) is 17.6. The minimum absolute atomic E-state index is 0.0519. The number of nitrogens with zero attached hydrogens (tertiary/aromatic N) is 4. The van der Waals surface area contributed by atoms with Crippen LogP contribution in [0.15, 0.2) is 12.1 Å². The molecule has 2 aliphatic heterocycles. The first-order valence-electron chi connectivity index (χ1n) is 9.06. The summed E-state index contributed by atoms with van der Waals surface area (Å²) >= 11 is 0. The summed E-state index contributed by atoms with van der Waals surface area (Å²) in [7, 11) is 0. The molecule has 1 aromatic heterocycles. The lowest BCUT2D eigenvalue weighted by Gasteiger charge is -2.39. The SMILES string of the molecule is Cc1ccc(N2CCC3(CC2)CC(C(=O)O)N(C(=O)C2CC2)C3)nn1. The van der Waals surface area contributed by atoms with E-state index in [0.29, 0.717) is 13.0 Å². The maximum absolute atomic E-state index is 12.5. The fraction of sp³-hybridized carbons (Fsp3) is 0.667. The maximum atomic E-state index is 12.5. The van der Waals surface area contributed by atoms with Gasteiger partial charge in [-0.25, -0.2) is 4.79 Å². The van der Waals surface area contributed by atoms with Gasteiger partial charge in [0.1, 0.15) is 6.04 Å². The van der Waals surface area contributed by atoms with Crippen molar-refractivity contribution in [2.45, 2.75) is 45.1 Å². The predicted octanol–water partition coefficient (Wildman–Crippen LogP) is 1.47. The first-order valence-corrected chi connectivity index (χ1v) is 9.06. The van der Waals surface area contributed by atoms with E-state index >= 15 is 0 Å². The molecule has 7 heteroatoms. The molecule has 0 bridgehead atoms. The highest BCUT2D eigenvalue weighted by Crippen LogP contribution is 2.45. The molecule has 1 saturated carbocycles. The Labute approximate surface area is 147 Å². The number of amides is 1. The van der Waals surface area contributed by atoms with Crippen molar-refractivity contribution in [3.8, 4) is 0 Å². The number of aromatic nitrogens is 2. The molecule has 1 spiro atoms. The van der Waals surface area contributed by atoms with Crippen LogP contribution in [0.25, 0.3) is 0 Å². The Morgan fingerprint density at radius 2 is 1.92 bits per heavy atom. The summed E-state index contributed by atoms with van der Waals surface area (Å²) in [4.78, 5) is 28.0. The number of hydrogen-bond acceptors (Lipinski definition) is 5. The molecule has 1 N–H and O–H groups in total. The number of rotatable bonds is 3. The highest BCUT2D eigenvalue weighted by atomic mass is 16.4. The monoisotopic (exact) mass is 344 g/mol. The van der Waals surface area contributed by atoms with Gasteiger partial charge in [-0.15, -0.1) is 5.10 Å². The van der Waals surface area contributed by atoms with E-state index in [1.165, 1.54) is 0 Å². The van der Waals surface area contributed by atoms with Crippen molar-refractivity contribution in [3.05, 3.63) is 17.8 Å². The van der Waals surface area contributed by atoms with Crippen LogP contribution in [0.2, 0.25) is 0 Å². The average molecular weight is 344 g/mol. The number of carbonyl (C=O) groups excluding carboxylic acids is 1. The summed E-state index contributed by atoms with van der Waals surface area (Å²) in [6.45, 7) is 4.16. The number of aryl methyl sites for hydroxylation is 1. The van der Waals surface area contributed by atoms with Crippen molar-refractivity contribution >= 4 is 17.7 Å². The van der Waals surface area contributed by atoms with Crippen LogP contribution in [0.5, 0.6) is 0 Å². The third-order valence-corrected chi connectivity index (χ3v) is 5.93. The fourth-order valence-electron chi connectivity index (χ4n) is 4.21. The lowest BCUT2D eigenvalue weighted by atomic mass is 9.76. The van der Waals surface area contributed by atoms with Crippen LogP contribution in [-0.4, -0.2) is 57.8 Å². The molecule has 1 aliphatic carbocycles. The van der Waals surface area contributed by atoms with Crippen LogP contribution >= 0.6 is 0 Å². The van der Waals surface area contributed by atoms with Gasteiger partial charge in [-0.05, 0) is 56.6 Å². The molecule has 1 aromatic rings. The third kappa shape index (κ3) is 3.07. The average Bonchev–Trinajstić information content (AvgIpc) is 3.38. The number of carboxylic acids is 1. The smallest absolute Gasteiger partial charge is 0.326 e. The van der Waals surface area contributed by atoms with E-state index in [-0.39, 0.29) is 17.2 Å². The largest absolute Gasteiger partial charge is 0.480 e. The van der Waals surface area contributed by atoms with E-state index in [9.17, 15) is 14.7 Å². The Bertz CT molecular complexity index is 678. The molecule has 1 amide bonds. The van der Waals surface area contributed by atoms with Crippen LogP contribution in [-0.2, 0) is 9.59 Å². The lowest BCUT2D eigenvalue weighted by Crippen LogP contribution is -2.43. The summed E-state index contributed by atoms with van der Waals surface area (Å²) in [6, 6.07) is 3.29. The first-order chi connectivity index (χ1) is 12.0. The van der Waals surface area contributed by atoms with Crippen LogP contribution in [0.1, 0.15) is 37.8 Å². The van der Waals surface area contributed by atoms with Gasteiger partial charge in [-0.3, -0.25) is 4.79 Å². The van der Waals surface area contributed by atoms with Crippen molar-refractivity contribution in [2.75, 3.05) is 24.5 Å². The van der Waals surface area contributed by atoms with Crippen molar-refractivity contribution in [3.63, 3.8) is 0 Å². The number of piperidine rings is 1. The number of anilines is 1. The van der Waals surface area contributed by atoms with Crippen LogP contribution in [0.4, 0.5) is 5.82 Å². The highest BCUT2D eigenvalue weighted by Gasteiger charge is 2.51. The van der Waals surface area contributed by atoms with Gasteiger partial charge in [-0.2, -0.15) is 5.10 Å². The normalized spacial score (nSPS) is 25.4. The zero-order valence-electron chi connectivity index (χ0n) is 14.5. The summed E-state index contributed by atoms with van der Waals surface area (Å²) in [5, 5.41) is 18.0. The van der Waals surface area contributed by atoms with Crippen LogP contribution < -0.4 is 4.90 Å². The number of hydrogen-bond donors (Lipinski definition) is 1. The van der Waals surface area contributed by atoms with Gasteiger partial charge in [0, 0.05) is 25.6 Å². The van der Waals surface area contributed by atoms with E-state index in [1.54, 1.807) is 4.90 Å². The molecule has 3 heterocycles. The minimum atomic E-state index is -0.863. The van der Waals surface area contributed by atoms with Gasteiger partial charge in [-0.1, -0.05) is 0 Å².